The summed E-state index contributed by atoms with van der Waals surface area (Å²) in [7, 11) is -3.80. The molecular weight excluding hydrogens is 443 g/mol. The fraction of sp³-hybridized carbons (Fsp3) is 0.294. The summed E-state index contributed by atoms with van der Waals surface area (Å²) in [6.45, 7) is 0.134. The molecule has 0 saturated carbocycles. The van der Waals surface area contributed by atoms with Gasteiger partial charge in [-0.1, -0.05) is 35.4 Å². The molecule has 7 nitrogen and oxygen atoms in total. The van der Waals surface area contributed by atoms with Crippen LogP contribution in [0.1, 0.15) is 12.0 Å². The molecule has 2 aromatic rings. The number of nitrogens with zero attached hydrogens (tertiary/aromatic N) is 2. The average Bonchev–Trinajstić information content (AvgIpc) is 3.08. The van der Waals surface area contributed by atoms with Gasteiger partial charge in [-0.3, -0.25) is 0 Å². The first-order valence-electron chi connectivity index (χ1n) is 8.08. The van der Waals surface area contributed by atoms with Gasteiger partial charge in [0.15, 0.2) is 0 Å². The van der Waals surface area contributed by atoms with Crippen molar-refractivity contribution in [2.75, 3.05) is 19.6 Å². The highest BCUT2D eigenvalue weighted by molar-refractivity contribution is 7.89. The molecule has 1 atom stereocenters. The summed E-state index contributed by atoms with van der Waals surface area (Å²) in [4.78, 5) is 2.71. The Labute approximate surface area is 178 Å². The van der Waals surface area contributed by atoms with Crippen LogP contribution in [0.5, 0.6) is 0 Å². The molecule has 1 aromatic heterocycles. The molecule has 28 heavy (non-hydrogen) atoms. The van der Waals surface area contributed by atoms with Crippen LogP contribution in [0, 0.1) is 16.0 Å². The maximum absolute atomic E-state index is 12.5. The number of hydrogen-bond donors (Lipinski definition) is 3. The zero-order valence-corrected chi connectivity index (χ0v) is 17.7. The van der Waals surface area contributed by atoms with Crippen LogP contribution in [0.3, 0.4) is 0 Å². The maximum Gasteiger partial charge on any atom is 0.244 e. The Kier molecular flexibility index (Phi) is 7.59. The first-order valence-corrected chi connectivity index (χ1v) is 10.7. The van der Waals surface area contributed by atoms with Gasteiger partial charge in [0.2, 0.25) is 10.0 Å². The van der Waals surface area contributed by atoms with Crippen molar-refractivity contribution < 1.29 is 13.5 Å². The Balaban J connectivity index is 0.000000292. The molecule has 1 aromatic carbocycles. The van der Waals surface area contributed by atoms with E-state index in [-0.39, 0.29) is 41.5 Å². The highest BCUT2D eigenvalue weighted by atomic mass is 35.5. The molecule has 2 heterocycles. The van der Waals surface area contributed by atoms with Gasteiger partial charge >= 0.3 is 0 Å². The number of aromatic nitrogens is 1. The van der Waals surface area contributed by atoms with E-state index in [1.807, 2.05) is 6.07 Å². The number of H-pyrrole nitrogens is 1. The van der Waals surface area contributed by atoms with E-state index in [2.05, 4.69) is 4.98 Å². The lowest BCUT2D eigenvalue weighted by molar-refractivity contribution is 0.0651. The molecule has 0 bridgehead atoms. The normalized spacial score (nSPS) is 19.5. The van der Waals surface area contributed by atoms with Gasteiger partial charge in [0.05, 0.1) is 27.3 Å². The lowest BCUT2D eigenvalue weighted by Crippen LogP contribution is -2.41. The summed E-state index contributed by atoms with van der Waals surface area (Å²) in [5, 5.41) is 19.4. The number of nitrogens with two attached hydrogens (primary N) is 1. The minimum absolute atomic E-state index is 0.000121. The summed E-state index contributed by atoms with van der Waals surface area (Å²) < 4.78 is 26.8. The van der Waals surface area contributed by atoms with Crippen LogP contribution in [-0.4, -0.2) is 48.0 Å². The predicted molar refractivity (Wildman–Crippen MR) is 110 cm³/mol. The van der Waals surface area contributed by atoms with Crippen LogP contribution >= 0.6 is 35.4 Å². The lowest BCUT2D eigenvalue weighted by atomic mass is 10.1. The Bertz CT molecular complexity index is 1030. The third kappa shape index (κ3) is 5.52. The van der Waals surface area contributed by atoms with Gasteiger partial charge in [0.1, 0.15) is 9.54 Å². The van der Waals surface area contributed by atoms with Crippen LogP contribution in [-0.2, 0) is 10.0 Å². The van der Waals surface area contributed by atoms with Crippen molar-refractivity contribution in [1.29, 1.82) is 5.26 Å². The molecule has 0 aliphatic carbocycles. The second kappa shape index (κ2) is 9.33. The number of β-amino-alcohol motifs (C(OH)–C–C–N with tert-alkyl or cyclic N) is 1. The average molecular weight is 461 g/mol. The third-order valence-electron chi connectivity index (χ3n) is 4.10. The molecule has 1 aliphatic rings. The van der Waals surface area contributed by atoms with Crippen LogP contribution in [0.15, 0.2) is 41.4 Å². The number of nitrogens with one attached hydrogen (secondary N) is 1. The van der Waals surface area contributed by atoms with Crippen molar-refractivity contribution in [3.05, 3.63) is 56.8 Å². The smallest absolute Gasteiger partial charge is 0.244 e. The Morgan fingerprint density at radius 2 is 2.07 bits per heavy atom. The second-order valence-electron chi connectivity index (χ2n) is 6.15. The van der Waals surface area contributed by atoms with Crippen molar-refractivity contribution in [2.24, 2.45) is 5.73 Å². The van der Waals surface area contributed by atoms with Crippen molar-refractivity contribution in [3.8, 4) is 6.07 Å². The standard InChI is InChI=1S/C12H14ClN3O3S.C5H4ClNS/c13-10-5-9(6-14)1-2-11(10)20(18,19)16-4-3-12(17,7-15)8-16;6-4-1-2-5(8)7-3-4/h1-2,5,17H,3-4,7-8,15H2;1-3H,(H,7,8)/t12-;/m1./s1. The van der Waals surface area contributed by atoms with Gasteiger partial charge in [-0.25, -0.2) is 8.42 Å². The van der Waals surface area contributed by atoms with Gasteiger partial charge in [0.25, 0.3) is 0 Å². The van der Waals surface area contributed by atoms with E-state index in [0.717, 1.165) is 4.31 Å². The number of benzene rings is 1. The molecule has 0 radical (unpaired) electrons. The number of sulfonamides is 1. The van der Waals surface area contributed by atoms with Crippen molar-refractivity contribution >= 4 is 45.4 Å². The Morgan fingerprint density at radius 3 is 2.54 bits per heavy atom. The van der Waals surface area contributed by atoms with Gasteiger partial charge in [-0.05, 0) is 36.8 Å². The second-order valence-corrected chi connectivity index (χ2v) is 9.34. The van der Waals surface area contributed by atoms with Crippen molar-refractivity contribution in [3.63, 3.8) is 0 Å². The number of rotatable bonds is 3. The minimum Gasteiger partial charge on any atom is -0.387 e. The van der Waals surface area contributed by atoms with E-state index in [1.54, 1.807) is 18.3 Å². The molecule has 4 N–H and O–H groups in total. The fourth-order valence-electron chi connectivity index (χ4n) is 2.50. The molecule has 0 amide bonds. The van der Waals surface area contributed by atoms with Gasteiger partial charge in [0, 0.05) is 25.8 Å². The van der Waals surface area contributed by atoms with Crippen LogP contribution in [0.4, 0.5) is 0 Å². The number of aliphatic hydroxyl groups is 1. The Morgan fingerprint density at radius 1 is 1.36 bits per heavy atom. The third-order valence-corrected chi connectivity index (χ3v) is 6.92. The van der Waals surface area contributed by atoms with Crippen LogP contribution in [0.2, 0.25) is 10.0 Å². The molecular formula is C17H18Cl2N4O3S2. The number of aromatic amines is 1. The summed E-state index contributed by atoms with van der Waals surface area (Å²) >= 11 is 16.2. The van der Waals surface area contributed by atoms with Gasteiger partial charge in [-0.15, -0.1) is 0 Å². The van der Waals surface area contributed by atoms with E-state index >= 15 is 0 Å². The molecule has 0 unspecified atom stereocenters. The first-order chi connectivity index (χ1) is 13.1. The largest absolute Gasteiger partial charge is 0.387 e. The summed E-state index contributed by atoms with van der Waals surface area (Å²) in [5.41, 5.74) is 4.54. The van der Waals surface area contributed by atoms with E-state index < -0.39 is 15.6 Å². The van der Waals surface area contributed by atoms with Crippen molar-refractivity contribution in [2.45, 2.75) is 16.9 Å². The van der Waals surface area contributed by atoms with E-state index in [9.17, 15) is 13.5 Å². The summed E-state index contributed by atoms with van der Waals surface area (Å²) in [5.74, 6) is 0. The SMILES string of the molecule is N#Cc1ccc(S(=O)(=O)N2CC[C@@](O)(CN)C2)c(Cl)c1.S=c1ccc(Cl)c[nH]1. The zero-order valence-electron chi connectivity index (χ0n) is 14.6. The number of halogens is 2. The molecule has 3 rings (SSSR count). The molecule has 1 fully saturated rings. The number of pyridine rings is 1. The fourth-order valence-corrected chi connectivity index (χ4v) is 4.78. The maximum atomic E-state index is 12.5. The minimum atomic E-state index is -3.80. The molecule has 1 saturated heterocycles. The summed E-state index contributed by atoms with van der Waals surface area (Å²) in [6.07, 6.45) is 1.94. The zero-order chi connectivity index (χ0) is 20.9. The molecule has 1 aliphatic heterocycles. The topological polar surface area (TPSA) is 123 Å². The summed E-state index contributed by atoms with van der Waals surface area (Å²) in [6, 6.07) is 9.39. The van der Waals surface area contributed by atoms with Gasteiger partial charge in [-0.2, -0.15) is 9.57 Å². The number of nitriles is 1. The van der Waals surface area contributed by atoms with E-state index in [4.69, 9.17) is 46.4 Å². The number of hydrogen-bond acceptors (Lipinski definition) is 6. The highest BCUT2D eigenvalue weighted by Gasteiger charge is 2.41. The lowest BCUT2D eigenvalue weighted by Gasteiger charge is -2.21. The van der Waals surface area contributed by atoms with E-state index in [1.165, 1.54) is 18.2 Å². The molecule has 11 heteroatoms. The van der Waals surface area contributed by atoms with E-state index in [0.29, 0.717) is 9.66 Å². The Hall–Kier alpha value is -1.51. The van der Waals surface area contributed by atoms with Gasteiger partial charge < -0.3 is 15.8 Å². The molecule has 150 valence electrons. The first kappa shape index (κ1) is 22.8. The quantitative estimate of drug-likeness (QED) is 0.604. The van der Waals surface area contributed by atoms with Crippen LogP contribution in [0.25, 0.3) is 0 Å². The molecule has 0 spiro atoms. The highest BCUT2D eigenvalue weighted by Crippen LogP contribution is 2.30. The van der Waals surface area contributed by atoms with Crippen molar-refractivity contribution in [1.82, 2.24) is 9.29 Å². The van der Waals surface area contributed by atoms with Crippen LogP contribution < -0.4 is 5.73 Å². The predicted octanol–water partition coefficient (Wildman–Crippen LogP) is 2.69. The monoisotopic (exact) mass is 460 g/mol.